The van der Waals surface area contributed by atoms with Crippen molar-refractivity contribution in [1.29, 1.82) is 0 Å². The number of rotatable bonds is 6. The van der Waals surface area contributed by atoms with Gasteiger partial charge in [-0.05, 0) is 18.2 Å². The molecule has 2 aromatic rings. The van der Waals surface area contributed by atoms with E-state index in [1.165, 1.54) is 16.8 Å². The molecule has 24 heavy (non-hydrogen) atoms. The van der Waals surface area contributed by atoms with Gasteiger partial charge in [-0.2, -0.15) is 13.2 Å². The molecular formula is C15H19ClF3N3OSi. The third-order valence-corrected chi connectivity index (χ3v) is 5.21. The SMILES string of the molecule is C[Si](C)(C)CCOCn1cc(C(F)(F)F)nc1-c1ccc(Cl)nc1. The van der Waals surface area contributed by atoms with E-state index in [-0.39, 0.29) is 17.7 Å². The minimum Gasteiger partial charge on any atom is -0.361 e. The van der Waals surface area contributed by atoms with E-state index >= 15 is 0 Å². The topological polar surface area (TPSA) is 39.9 Å². The lowest BCUT2D eigenvalue weighted by Gasteiger charge is -2.16. The van der Waals surface area contributed by atoms with Gasteiger partial charge >= 0.3 is 6.18 Å². The van der Waals surface area contributed by atoms with E-state index in [1.807, 2.05) is 0 Å². The van der Waals surface area contributed by atoms with Gasteiger partial charge in [-0.3, -0.25) is 0 Å². The van der Waals surface area contributed by atoms with Crippen molar-refractivity contribution in [3.05, 3.63) is 35.4 Å². The van der Waals surface area contributed by atoms with Gasteiger partial charge in [0.05, 0.1) is 0 Å². The maximum Gasteiger partial charge on any atom is 0.434 e. The highest BCUT2D eigenvalue weighted by molar-refractivity contribution is 6.76. The average Bonchev–Trinajstić information content (AvgIpc) is 2.88. The van der Waals surface area contributed by atoms with Crippen molar-refractivity contribution in [2.75, 3.05) is 6.61 Å². The molecule has 0 spiro atoms. The van der Waals surface area contributed by atoms with Gasteiger partial charge in [-0.25, -0.2) is 9.97 Å². The molecule has 0 aliphatic carbocycles. The standard InChI is InChI=1S/C15H19ClF3N3OSi/c1-24(2,3)7-6-23-10-22-9-12(15(17,18)19)21-14(22)11-4-5-13(16)20-8-11/h4-5,8-9H,6-7,10H2,1-3H3. The third-order valence-electron chi connectivity index (χ3n) is 3.28. The number of hydrogen-bond donors (Lipinski definition) is 0. The van der Waals surface area contributed by atoms with Crippen LogP contribution in [0.25, 0.3) is 11.4 Å². The molecule has 0 saturated carbocycles. The minimum atomic E-state index is -4.52. The molecule has 2 heterocycles. The van der Waals surface area contributed by atoms with Gasteiger partial charge < -0.3 is 9.30 Å². The summed E-state index contributed by atoms with van der Waals surface area (Å²) in [6.07, 6.45) is -2.17. The molecule has 0 saturated heterocycles. The Morgan fingerprint density at radius 1 is 1.25 bits per heavy atom. The highest BCUT2D eigenvalue weighted by atomic mass is 35.5. The van der Waals surface area contributed by atoms with Crippen LogP contribution >= 0.6 is 11.6 Å². The second kappa shape index (κ2) is 7.24. The number of imidazole rings is 1. The second-order valence-electron chi connectivity index (χ2n) is 6.63. The number of halogens is 4. The van der Waals surface area contributed by atoms with Gasteiger partial charge in [0.1, 0.15) is 17.7 Å². The molecule has 132 valence electrons. The fourth-order valence-corrected chi connectivity index (χ4v) is 2.80. The number of alkyl halides is 3. The van der Waals surface area contributed by atoms with E-state index < -0.39 is 19.9 Å². The number of ether oxygens (including phenoxy) is 1. The first-order valence-corrected chi connectivity index (χ1v) is 11.5. The van der Waals surface area contributed by atoms with Crippen LogP contribution in [-0.4, -0.2) is 29.2 Å². The summed E-state index contributed by atoms with van der Waals surface area (Å²) in [4.78, 5) is 7.58. The van der Waals surface area contributed by atoms with Crippen molar-refractivity contribution in [1.82, 2.24) is 14.5 Å². The minimum absolute atomic E-state index is 0.00548. The van der Waals surface area contributed by atoms with E-state index in [2.05, 4.69) is 29.6 Å². The lowest BCUT2D eigenvalue weighted by Crippen LogP contribution is -2.22. The van der Waals surface area contributed by atoms with Gasteiger partial charge in [0.25, 0.3) is 0 Å². The quantitative estimate of drug-likeness (QED) is 0.407. The summed E-state index contributed by atoms with van der Waals surface area (Å²) >= 11 is 5.72. The molecule has 0 fully saturated rings. The number of pyridine rings is 1. The Bertz CT molecular complexity index is 681. The Kier molecular flexibility index (Phi) is 5.72. The van der Waals surface area contributed by atoms with Crippen LogP contribution in [0.4, 0.5) is 13.2 Å². The van der Waals surface area contributed by atoms with Crippen LogP contribution in [0.1, 0.15) is 5.69 Å². The summed E-state index contributed by atoms with van der Waals surface area (Å²) in [6, 6.07) is 4.03. The molecule has 0 radical (unpaired) electrons. The van der Waals surface area contributed by atoms with Crippen molar-refractivity contribution in [2.24, 2.45) is 0 Å². The smallest absolute Gasteiger partial charge is 0.361 e. The molecular weight excluding hydrogens is 359 g/mol. The van der Waals surface area contributed by atoms with Crippen LogP contribution in [0, 0.1) is 0 Å². The number of nitrogens with zero attached hydrogens (tertiary/aromatic N) is 3. The predicted octanol–water partition coefficient (Wildman–Crippen LogP) is 4.93. The highest BCUT2D eigenvalue weighted by Gasteiger charge is 2.35. The van der Waals surface area contributed by atoms with E-state index in [1.54, 1.807) is 6.07 Å². The lowest BCUT2D eigenvalue weighted by atomic mass is 10.3. The Morgan fingerprint density at radius 2 is 1.96 bits per heavy atom. The fourth-order valence-electron chi connectivity index (χ4n) is 1.93. The largest absolute Gasteiger partial charge is 0.434 e. The zero-order chi connectivity index (χ0) is 18.0. The van der Waals surface area contributed by atoms with Crippen LogP contribution in [0.2, 0.25) is 30.8 Å². The molecule has 0 amide bonds. The Hall–Kier alpha value is -1.38. The maximum absolute atomic E-state index is 13.0. The van der Waals surface area contributed by atoms with Crippen molar-refractivity contribution in [2.45, 2.75) is 38.6 Å². The zero-order valence-electron chi connectivity index (χ0n) is 13.7. The van der Waals surface area contributed by atoms with Crippen molar-refractivity contribution in [3.63, 3.8) is 0 Å². The molecule has 4 nitrogen and oxygen atoms in total. The third kappa shape index (κ3) is 5.32. The molecule has 0 N–H and O–H groups in total. The van der Waals surface area contributed by atoms with E-state index in [9.17, 15) is 13.2 Å². The summed E-state index contributed by atoms with van der Waals surface area (Å²) in [5.41, 5.74) is -0.509. The fraction of sp³-hybridized carbons (Fsp3) is 0.467. The Labute approximate surface area is 144 Å². The maximum atomic E-state index is 13.0. The zero-order valence-corrected chi connectivity index (χ0v) is 15.4. The Morgan fingerprint density at radius 3 is 2.50 bits per heavy atom. The first-order chi connectivity index (χ1) is 11.1. The summed E-state index contributed by atoms with van der Waals surface area (Å²) in [5.74, 6) is 0.152. The van der Waals surface area contributed by atoms with Gasteiger partial charge in [0.2, 0.25) is 0 Å². The molecule has 2 aromatic heterocycles. The second-order valence-corrected chi connectivity index (χ2v) is 12.6. The van der Waals surface area contributed by atoms with Gasteiger partial charge in [0, 0.05) is 32.6 Å². The number of aromatic nitrogens is 3. The predicted molar refractivity (Wildman–Crippen MR) is 89.6 cm³/mol. The molecule has 0 bridgehead atoms. The van der Waals surface area contributed by atoms with Crippen LogP contribution in [0.5, 0.6) is 0 Å². The number of hydrogen-bond acceptors (Lipinski definition) is 3. The lowest BCUT2D eigenvalue weighted by molar-refractivity contribution is -0.141. The summed E-state index contributed by atoms with van der Waals surface area (Å²) < 4.78 is 45.8. The first-order valence-electron chi connectivity index (χ1n) is 7.40. The molecule has 0 atom stereocenters. The molecule has 9 heteroatoms. The average molecular weight is 378 g/mol. The molecule has 0 aromatic carbocycles. The van der Waals surface area contributed by atoms with Gasteiger partial charge in [0.15, 0.2) is 5.69 Å². The van der Waals surface area contributed by atoms with Gasteiger partial charge in [-0.1, -0.05) is 31.2 Å². The summed E-state index contributed by atoms with van der Waals surface area (Å²) in [5, 5.41) is 0.263. The van der Waals surface area contributed by atoms with E-state index in [0.29, 0.717) is 12.2 Å². The molecule has 2 rings (SSSR count). The first kappa shape index (κ1) is 18.9. The van der Waals surface area contributed by atoms with Crippen molar-refractivity contribution in [3.8, 4) is 11.4 Å². The summed E-state index contributed by atoms with van der Waals surface area (Å²) in [7, 11) is -1.26. The summed E-state index contributed by atoms with van der Waals surface area (Å²) in [6.45, 7) is 7.14. The van der Waals surface area contributed by atoms with Crippen molar-refractivity contribution < 1.29 is 17.9 Å². The Balaban J connectivity index is 2.21. The van der Waals surface area contributed by atoms with Crippen LogP contribution in [0.3, 0.4) is 0 Å². The van der Waals surface area contributed by atoms with E-state index in [0.717, 1.165) is 12.2 Å². The van der Waals surface area contributed by atoms with Crippen LogP contribution < -0.4 is 0 Å². The van der Waals surface area contributed by atoms with Crippen molar-refractivity contribution >= 4 is 19.7 Å². The van der Waals surface area contributed by atoms with E-state index in [4.69, 9.17) is 16.3 Å². The van der Waals surface area contributed by atoms with Gasteiger partial charge in [-0.15, -0.1) is 0 Å². The molecule has 0 aliphatic heterocycles. The van der Waals surface area contributed by atoms with Crippen LogP contribution in [0.15, 0.2) is 24.5 Å². The van der Waals surface area contributed by atoms with Crippen LogP contribution in [-0.2, 0) is 17.6 Å². The highest BCUT2D eigenvalue weighted by Crippen LogP contribution is 2.31. The molecule has 0 aliphatic rings. The molecule has 0 unspecified atom stereocenters. The monoisotopic (exact) mass is 377 g/mol. The normalized spacial score (nSPS) is 12.6.